The molecule has 3 aliphatic rings. The van der Waals surface area contributed by atoms with E-state index in [0.29, 0.717) is 23.7 Å². The van der Waals surface area contributed by atoms with Crippen molar-refractivity contribution in [3.63, 3.8) is 0 Å². The molecular formula is C45H39N3O7S. The van der Waals surface area contributed by atoms with Crippen LogP contribution in [0, 0.1) is 6.92 Å². The maximum Gasteiger partial charge on any atom is 0.355 e. The van der Waals surface area contributed by atoms with Crippen molar-refractivity contribution in [3.05, 3.63) is 152 Å². The number of carbonyl (C=O) groups excluding carboxylic acids is 2. The minimum absolute atomic E-state index is 0.00161. The van der Waals surface area contributed by atoms with Crippen LogP contribution in [0.25, 0.3) is 33.4 Å². The van der Waals surface area contributed by atoms with Crippen LogP contribution >= 0.6 is 0 Å². The molecule has 3 atom stereocenters. The monoisotopic (exact) mass is 765 g/mol. The van der Waals surface area contributed by atoms with Crippen LogP contribution in [0.2, 0.25) is 0 Å². The second-order valence-electron chi connectivity index (χ2n) is 14.5. The highest BCUT2D eigenvalue weighted by molar-refractivity contribution is 7.78. The summed E-state index contributed by atoms with van der Waals surface area (Å²) in [5, 5.41) is 1.05. The van der Waals surface area contributed by atoms with Gasteiger partial charge in [-0.05, 0) is 77.9 Å². The molecule has 56 heavy (non-hydrogen) atoms. The van der Waals surface area contributed by atoms with Crippen molar-refractivity contribution in [2.45, 2.75) is 71.4 Å². The Hall–Kier alpha value is -5.91. The SMILES string of the molecule is CCc1c2c(nc3ccc(C)cc13)-c1cc3c(c(=O)n1C2)COC(=O)C3(CC)OC(=O)C1Cc2ccccc2CN1S(=O)Oc1ccc(-c2ccccc2)cc1. The fourth-order valence-corrected chi connectivity index (χ4v) is 9.38. The molecule has 0 saturated heterocycles. The van der Waals surface area contributed by atoms with Crippen LogP contribution in [0.1, 0.15) is 59.2 Å². The third-order valence-corrected chi connectivity index (χ3v) is 12.5. The lowest BCUT2D eigenvalue weighted by Crippen LogP contribution is -2.53. The number of fused-ring (bicyclic) bond motifs is 6. The molecule has 10 nitrogen and oxygen atoms in total. The molecule has 6 aromatic rings. The molecule has 3 unspecified atom stereocenters. The first-order valence-corrected chi connectivity index (χ1v) is 19.9. The number of aromatic nitrogens is 2. The van der Waals surface area contributed by atoms with Gasteiger partial charge in [0.1, 0.15) is 18.4 Å². The van der Waals surface area contributed by atoms with Gasteiger partial charge in [0.2, 0.25) is 5.60 Å². The second-order valence-corrected chi connectivity index (χ2v) is 15.6. The Labute approximate surface area is 326 Å². The number of esters is 2. The van der Waals surface area contributed by atoms with Crippen LogP contribution < -0.4 is 9.74 Å². The minimum atomic E-state index is -2.13. The quantitative estimate of drug-likeness (QED) is 0.149. The first kappa shape index (κ1) is 35.8. The van der Waals surface area contributed by atoms with E-state index >= 15 is 0 Å². The Morgan fingerprint density at radius 3 is 2.38 bits per heavy atom. The third kappa shape index (κ3) is 5.84. The molecule has 0 fully saturated rings. The van der Waals surface area contributed by atoms with E-state index in [-0.39, 0.29) is 42.7 Å². The zero-order chi connectivity index (χ0) is 38.7. The summed E-state index contributed by atoms with van der Waals surface area (Å²) >= 11 is -2.13. The summed E-state index contributed by atoms with van der Waals surface area (Å²) in [5.74, 6) is -1.18. The number of carbonyl (C=O) groups is 2. The van der Waals surface area contributed by atoms with Gasteiger partial charge in [0.05, 0.1) is 29.0 Å². The highest BCUT2D eigenvalue weighted by Crippen LogP contribution is 2.43. The van der Waals surface area contributed by atoms with E-state index in [9.17, 15) is 18.6 Å². The normalized spacial score (nSPS) is 19.0. The smallest absolute Gasteiger partial charge is 0.355 e. The van der Waals surface area contributed by atoms with E-state index in [1.807, 2.05) is 85.8 Å². The number of nitrogens with zero attached hydrogens (tertiary/aromatic N) is 3. The predicted octanol–water partition coefficient (Wildman–Crippen LogP) is 7.25. The molecule has 9 rings (SSSR count). The Balaban J connectivity index is 1.07. The average molecular weight is 766 g/mol. The van der Waals surface area contributed by atoms with E-state index in [1.54, 1.807) is 29.7 Å². The molecule has 0 spiro atoms. The van der Waals surface area contributed by atoms with Gasteiger partial charge in [0.25, 0.3) is 16.8 Å². The second kappa shape index (κ2) is 14.0. The molecule has 0 radical (unpaired) electrons. The molecular weight excluding hydrogens is 727 g/mol. The number of cyclic esters (lactones) is 1. The molecule has 2 aromatic heterocycles. The first-order valence-electron chi connectivity index (χ1n) is 18.9. The Morgan fingerprint density at radius 1 is 0.893 bits per heavy atom. The van der Waals surface area contributed by atoms with E-state index in [2.05, 4.69) is 13.0 Å². The number of rotatable bonds is 8. The summed E-state index contributed by atoms with van der Waals surface area (Å²) in [4.78, 5) is 47.9. The van der Waals surface area contributed by atoms with Crippen molar-refractivity contribution in [2.75, 3.05) is 0 Å². The molecule has 0 saturated carbocycles. The van der Waals surface area contributed by atoms with Crippen molar-refractivity contribution in [3.8, 4) is 28.3 Å². The third-order valence-electron chi connectivity index (χ3n) is 11.4. The minimum Gasteiger partial charge on any atom is -0.457 e. The van der Waals surface area contributed by atoms with E-state index in [0.717, 1.165) is 56.3 Å². The number of hydrogen-bond donors (Lipinski definition) is 0. The summed E-state index contributed by atoms with van der Waals surface area (Å²) in [6.45, 7) is 6.08. The van der Waals surface area contributed by atoms with Crippen LogP contribution in [0.15, 0.2) is 108 Å². The zero-order valence-electron chi connectivity index (χ0n) is 31.2. The maximum atomic E-state index is 14.6. The number of ether oxygens (including phenoxy) is 2. The van der Waals surface area contributed by atoms with Crippen molar-refractivity contribution >= 4 is 34.1 Å². The topological polar surface area (TPSA) is 117 Å². The molecule has 0 aliphatic carbocycles. The molecule has 282 valence electrons. The summed E-state index contributed by atoms with van der Waals surface area (Å²) in [5.41, 5.74) is 7.34. The first-order chi connectivity index (χ1) is 27.2. The van der Waals surface area contributed by atoms with Gasteiger partial charge in [0, 0.05) is 29.5 Å². The predicted molar refractivity (Wildman–Crippen MR) is 213 cm³/mol. The lowest BCUT2D eigenvalue weighted by Gasteiger charge is -2.39. The standard InChI is InChI=1S/C45H39N3O7S/c1-4-33-34-21-27(3)15-20-38(34)46-41-35(33)25-47-39(41)23-37-36(42(47)49)26-53-44(51)45(37,5-2)54-43(50)40-22-30-13-9-10-14-31(30)24-48(40)56(52)55-32-18-16-29(17-19-32)28-11-7-6-8-12-28/h6-21,23,40H,4-5,22,24-26H2,1-3H3. The fraction of sp³-hybridized carbons (Fsp3) is 0.244. The van der Waals surface area contributed by atoms with Gasteiger partial charge < -0.3 is 18.2 Å². The molecule has 11 heteroatoms. The van der Waals surface area contributed by atoms with Crippen molar-refractivity contribution < 1.29 is 27.5 Å². The van der Waals surface area contributed by atoms with E-state index in [4.69, 9.17) is 18.6 Å². The molecule has 5 heterocycles. The Kier molecular flexibility index (Phi) is 8.94. The van der Waals surface area contributed by atoms with Gasteiger partial charge in [-0.25, -0.2) is 9.78 Å². The van der Waals surface area contributed by atoms with Crippen LogP contribution in [0.3, 0.4) is 0 Å². The Bertz CT molecular complexity index is 2660. The van der Waals surface area contributed by atoms with Crippen LogP contribution in [-0.2, 0) is 68.5 Å². The molecule has 3 aliphatic heterocycles. The molecule has 0 amide bonds. The van der Waals surface area contributed by atoms with Crippen LogP contribution in [0.4, 0.5) is 0 Å². The van der Waals surface area contributed by atoms with Crippen LogP contribution in [0.5, 0.6) is 5.75 Å². The van der Waals surface area contributed by atoms with Crippen molar-refractivity contribution in [2.24, 2.45) is 0 Å². The largest absolute Gasteiger partial charge is 0.457 e. The summed E-state index contributed by atoms with van der Waals surface area (Å²) < 4.78 is 35.1. The highest BCUT2D eigenvalue weighted by Gasteiger charge is 2.52. The number of hydrogen-bond acceptors (Lipinski definition) is 8. The lowest BCUT2D eigenvalue weighted by molar-refractivity contribution is -0.192. The van der Waals surface area contributed by atoms with Gasteiger partial charge >= 0.3 is 11.9 Å². The number of pyridine rings is 2. The average Bonchev–Trinajstić information content (AvgIpc) is 3.59. The molecule has 0 bridgehead atoms. The van der Waals surface area contributed by atoms with Gasteiger partial charge in [-0.3, -0.25) is 9.59 Å². The zero-order valence-corrected chi connectivity index (χ0v) is 32.1. The van der Waals surface area contributed by atoms with Crippen molar-refractivity contribution in [1.82, 2.24) is 13.9 Å². The Morgan fingerprint density at radius 2 is 1.62 bits per heavy atom. The van der Waals surface area contributed by atoms with Crippen molar-refractivity contribution in [1.29, 1.82) is 0 Å². The van der Waals surface area contributed by atoms with Gasteiger partial charge in [-0.1, -0.05) is 92.2 Å². The lowest BCUT2D eigenvalue weighted by atomic mass is 9.85. The summed E-state index contributed by atoms with van der Waals surface area (Å²) in [6.07, 6.45) is 0.910. The van der Waals surface area contributed by atoms with Gasteiger partial charge in [-0.2, -0.15) is 8.51 Å². The summed E-state index contributed by atoms with van der Waals surface area (Å²) in [7, 11) is 0. The fourth-order valence-electron chi connectivity index (χ4n) is 8.40. The van der Waals surface area contributed by atoms with E-state index in [1.165, 1.54) is 4.31 Å². The van der Waals surface area contributed by atoms with Gasteiger partial charge in [-0.15, -0.1) is 0 Å². The van der Waals surface area contributed by atoms with Crippen LogP contribution in [-0.4, -0.2) is 36.0 Å². The number of aryl methyl sites for hydroxylation is 2. The summed E-state index contributed by atoms with van der Waals surface area (Å²) in [6, 6.07) is 31.6. The van der Waals surface area contributed by atoms with Gasteiger partial charge in [0.15, 0.2) is 0 Å². The highest BCUT2D eigenvalue weighted by atomic mass is 32.2. The molecule has 4 aromatic carbocycles. The maximum absolute atomic E-state index is 14.6. The number of benzene rings is 4. The van der Waals surface area contributed by atoms with E-state index < -0.39 is 34.8 Å². The molecule has 0 N–H and O–H groups in total.